The van der Waals surface area contributed by atoms with E-state index >= 15 is 0 Å². The number of nitrogens with two attached hydrogens (primary N) is 2. The van der Waals surface area contributed by atoms with Gasteiger partial charge in [0, 0.05) is 18.0 Å². The van der Waals surface area contributed by atoms with Gasteiger partial charge in [-0.1, -0.05) is 6.08 Å². The first-order valence-corrected chi connectivity index (χ1v) is 15.7. The largest absolute Gasteiger partial charge is 0.481 e. The highest BCUT2D eigenvalue weighted by Crippen LogP contribution is 2.60. The maximum atomic E-state index is 12.4. The number of carbonyl (C=O) groups excluding carboxylic acids is 1. The Labute approximate surface area is 247 Å². The number of rotatable bonds is 11. The first-order valence-electron chi connectivity index (χ1n) is 12.7. The van der Waals surface area contributed by atoms with Gasteiger partial charge in [-0.3, -0.25) is 18.4 Å². The fourth-order valence-corrected chi connectivity index (χ4v) is 6.77. The number of aliphatic hydroxyl groups excluding tert-OH is 4. The van der Waals surface area contributed by atoms with Crippen molar-refractivity contribution in [2.75, 3.05) is 18.9 Å². The summed E-state index contributed by atoms with van der Waals surface area (Å²) in [5, 5.41) is 41.6. The molecule has 5 rings (SSSR count). The van der Waals surface area contributed by atoms with Crippen LogP contribution in [-0.2, 0) is 36.8 Å². The molecule has 0 radical (unpaired) electrons. The molecule has 5 heterocycles. The average Bonchev–Trinajstić information content (AvgIpc) is 3.61. The first-order chi connectivity index (χ1) is 20.7. The van der Waals surface area contributed by atoms with E-state index in [4.69, 9.17) is 30.0 Å². The van der Waals surface area contributed by atoms with Crippen molar-refractivity contribution < 1.29 is 67.0 Å². The lowest BCUT2D eigenvalue weighted by Crippen LogP contribution is -2.40. The molecule has 21 nitrogen and oxygen atoms in total. The summed E-state index contributed by atoms with van der Waals surface area (Å²) in [6.07, 6.45) is -4.88. The van der Waals surface area contributed by atoms with Crippen molar-refractivity contribution in [2.45, 2.75) is 55.5 Å². The van der Waals surface area contributed by atoms with Crippen molar-refractivity contribution >= 4 is 38.5 Å². The zero-order valence-corrected chi connectivity index (χ0v) is 24.2. The molecule has 2 saturated heterocycles. The van der Waals surface area contributed by atoms with E-state index < -0.39 is 83.8 Å². The van der Waals surface area contributed by atoms with Crippen LogP contribution in [0.1, 0.15) is 12.6 Å². The van der Waals surface area contributed by atoms with Crippen molar-refractivity contribution in [1.29, 1.82) is 0 Å². The van der Waals surface area contributed by atoms with Crippen LogP contribution in [0.4, 0.5) is 5.82 Å². The number of primary amides is 1. The smallest absolute Gasteiger partial charge is 0.387 e. The lowest BCUT2D eigenvalue weighted by molar-refractivity contribution is -0.115. The van der Waals surface area contributed by atoms with E-state index in [1.807, 2.05) is 0 Å². The zero-order valence-electron chi connectivity index (χ0n) is 22.4. The number of phosphoric ester groups is 2. The van der Waals surface area contributed by atoms with Crippen molar-refractivity contribution in [3.05, 3.63) is 36.7 Å². The zero-order chi connectivity index (χ0) is 32.0. The van der Waals surface area contributed by atoms with E-state index in [9.17, 15) is 44.1 Å². The van der Waals surface area contributed by atoms with Gasteiger partial charge in [0.2, 0.25) is 5.91 Å². The Bertz CT molecular complexity index is 1560. The minimum Gasteiger partial charge on any atom is -0.387 e. The van der Waals surface area contributed by atoms with Crippen molar-refractivity contribution in [1.82, 2.24) is 24.4 Å². The van der Waals surface area contributed by atoms with Gasteiger partial charge in [-0.05, 0) is 6.42 Å². The molecule has 3 aliphatic rings. The number of aliphatic hydroxyl groups is 4. The number of nitrogen functional groups attached to an aromatic ring is 1. The summed E-state index contributed by atoms with van der Waals surface area (Å²) in [6, 6.07) is 0. The number of anilines is 1. The topological polar surface area (TPSA) is 318 Å². The predicted molar refractivity (Wildman–Crippen MR) is 142 cm³/mol. The monoisotopic (exact) mass is 665 g/mol. The Balaban J connectivity index is 1.15. The predicted octanol–water partition coefficient (Wildman–Crippen LogP) is -2.69. The fourth-order valence-electron chi connectivity index (χ4n) is 4.68. The van der Waals surface area contributed by atoms with Gasteiger partial charge < -0.3 is 56.1 Å². The maximum absolute atomic E-state index is 12.4. The molecule has 0 saturated carbocycles. The van der Waals surface area contributed by atoms with Gasteiger partial charge >= 0.3 is 15.6 Å². The van der Waals surface area contributed by atoms with Gasteiger partial charge in [0.1, 0.15) is 48.5 Å². The maximum Gasteiger partial charge on any atom is 0.481 e. The standard InChI is InChI=1S/C21H29N7O14P2/c22-17-12-19(25-7-24-17)28(8-26-12)21-16(32)14(30)11(41-21)6-39-44(36,37)42-43(34,35)38-5-10-13(29)15(31)20(40-10)27-3-1-2-9(4-27)18(23)33/h1,3-4,7-8,10-11,13-16,20-21,29-32H,2,5-6H2,(H2,23,33)(H,34,35)(H,36,37)(H2,22,24,25)/t10-,11+,13-,14-,15+,16-,20-,21+/m1/s1. The lowest BCUT2D eigenvalue weighted by atomic mass is 10.1. The molecular weight excluding hydrogens is 636 g/mol. The number of amides is 1. The van der Waals surface area contributed by atoms with E-state index in [1.54, 1.807) is 6.08 Å². The number of ether oxygens (including phenoxy) is 2. The fraction of sp³-hybridized carbons (Fsp3) is 0.524. The van der Waals surface area contributed by atoms with Crippen LogP contribution in [0.2, 0.25) is 0 Å². The summed E-state index contributed by atoms with van der Waals surface area (Å²) in [6.45, 7) is -1.79. The molecule has 3 aliphatic heterocycles. The molecule has 44 heavy (non-hydrogen) atoms. The highest BCUT2D eigenvalue weighted by molar-refractivity contribution is 7.61. The Morgan fingerprint density at radius 2 is 1.55 bits per heavy atom. The molecular formula is C21H29N7O14P2. The summed E-state index contributed by atoms with van der Waals surface area (Å²) in [4.78, 5) is 44.6. The number of allylic oxidation sites excluding steroid dienone is 1. The van der Waals surface area contributed by atoms with Crippen LogP contribution in [0, 0.1) is 0 Å². The molecule has 0 bridgehead atoms. The van der Waals surface area contributed by atoms with Crippen LogP contribution in [-0.4, -0.2) is 117 Å². The number of aromatic nitrogens is 4. The summed E-state index contributed by atoms with van der Waals surface area (Å²) in [5.41, 5.74) is 11.6. The Morgan fingerprint density at radius 1 is 0.955 bits per heavy atom. The summed E-state index contributed by atoms with van der Waals surface area (Å²) >= 11 is 0. The summed E-state index contributed by atoms with van der Waals surface area (Å²) in [5.74, 6) is -0.658. The van der Waals surface area contributed by atoms with Crippen LogP contribution in [0.15, 0.2) is 36.7 Å². The third-order valence-corrected chi connectivity index (χ3v) is 9.48. The Morgan fingerprint density at radius 3 is 2.16 bits per heavy atom. The third kappa shape index (κ3) is 6.70. The molecule has 10 N–H and O–H groups in total. The van der Waals surface area contributed by atoms with E-state index in [0.717, 1.165) is 6.33 Å². The normalized spacial score (nSPS) is 33.3. The molecule has 0 spiro atoms. The number of carbonyl (C=O) groups is 1. The number of hydrogen-bond donors (Lipinski definition) is 8. The molecule has 0 aliphatic carbocycles. The van der Waals surface area contributed by atoms with Crippen molar-refractivity contribution in [3.63, 3.8) is 0 Å². The Kier molecular flexibility index (Phi) is 9.23. The van der Waals surface area contributed by atoms with Gasteiger partial charge in [-0.2, -0.15) is 4.31 Å². The average molecular weight is 665 g/mol. The van der Waals surface area contributed by atoms with Gasteiger partial charge in [0.25, 0.3) is 0 Å². The Hall–Kier alpha value is -2.88. The van der Waals surface area contributed by atoms with Crippen molar-refractivity contribution in [3.8, 4) is 0 Å². The minimum absolute atomic E-state index is 0.0517. The minimum atomic E-state index is -5.37. The molecule has 2 aromatic rings. The van der Waals surface area contributed by atoms with Gasteiger partial charge in [0.15, 0.2) is 23.9 Å². The van der Waals surface area contributed by atoms with E-state index in [0.29, 0.717) is 0 Å². The molecule has 10 atom stereocenters. The number of hydrogen-bond acceptors (Lipinski definition) is 17. The van der Waals surface area contributed by atoms with Crippen LogP contribution in [0.25, 0.3) is 11.2 Å². The molecule has 1 amide bonds. The van der Waals surface area contributed by atoms with Crippen LogP contribution in [0.5, 0.6) is 0 Å². The number of nitrogens with zero attached hydrogens (tertiary/aromatic N) is 5. The van der Waals surface area contributed by atoms with Crippen LogP contribution in [0.3, 0.4) is 0 Å². The van der Waals surface area contributed by atoms with Gasteiger partial charge in [0.05, 0.1) is 19.5 Å². The summed E-state index contributed by atoms with van der Waals surface area (Å²) < 4.78 is 50.8. The molecule has 2 fully saturated rings. The highest BCUT2D eigenvalue weighted by Gasteiger charge is 2.48. The SMILES string of the molecule is NC(=O)C1=CN([C@@H]2O[C@H](COP(=O)(O)OP(=O)(O)OC[C@@H]3O[C@H](n4cnc5c(N)ncnc54)[C@H](O)[C@@H]3O)[C@@H](O)[C@@H]2O)C=CC1. The number of imidazole rings is 1. The first kappa shape index (κ1) is 32.5. The second kappa shape index (κ2) is 12.5. The second-order valence-electron chi connectivity index (χ2n) is 9.84. The van der Waals surface area contributed by atoms with Gasteiger partial charge in [-0.15, -0.1) is 0 Å². The van der Waals surface area contributed by atoms with Crippen molar-refractivity contribution in [2.24, 2.45) is 5.73 Å². The molecule has 0 aromatic carbocycles. The number of fused-ring (bicyclic) bond motifs is 1. The lowest BCUT2D eigenvalue weighted by Gasteiger charge is -2.28. The molecule has 242 valence electrons. The van der Waals surface area contributed by atoms with Gasteiger partial charge in [-0.25, -0.2) is 24.1 Å². The van der Waals surface area contributed by atoms with E-state index in [-0.39, 0.29) is 29.0 Å². The number of phosphoric acid groups is 2. The van der Waals surface area contributed by atoms with E-state index in [1.165, 1.54) is 28.2 Å². The summed E-state index contributed by atoms with van der Waals surface area (Å²) in [7, 11) is -10.7. The van der Waals surface area contributed by atoms with Crippen LogP contribution >= 0.6 is 15.6 Å². The third-order valence-electron chi connectivity index (χ3n) is 6.88. The quantitative estimate of drug-likeness (QED) is 0.113. The second-order valence-corrected chi connectivity index (χ2v) is 12.9. The molecule has 2 unspecified atom stereocenters. The highest BCUT2D eigenvalue weighted by atomic mass is 31.3. The van der Waals surface area contributed by atoms with E-state index in [2.05, 4.69) is 19.3 Å². The molecule has 2 aromatic heterocycles. The molecule has 23 heteroatoms. The van der Waals surface area contributed by atoms with Crippen LogP contribution < -0.4 is 11.5 Å².